The summed E-state index contributed by atoms with van der Waals surface area (Å²) < 4.78 is 1.23. The van der Waals surface area contributed by atoms with Gasteiger partial charge >= 0.3 is 0 Å². The second-order valence-electron chi connectivity index (χ2n) is 7.05. The van der Waals surface area contributed by atoms with Crippen molar-refractivity contribution in [1.29, 1.82) is 0 Å². The van der Waals surface area contributed by atoms with Gasteiger partial charge < -0.3 is 9.59 Å². The van der Waals surface area contributed by atoms with E-state index in [2.05, 4.69) is 20.9 Å². The van der Waals surface area contributed by atoms with Gasteiger partial charge in [-0.3, -0.25) is 0 Å². The average molecular weight is 301 g/mol. The van der Waals surface area contributed by atoms with Gasteiger partial charge in [0.25, 0.3) is 0 Å². The largest absolute Gasteiger partial charge is 0.396 e. The van der Waals surface area contributed by atoms with Crippen molar-refractivity contribution in [3.63, 3.8) is 0 Å². The summed E-state index contributed by atoms with van der Waals surface area (Å²) in [4.78, 5) is 0. The van der Waals surface area contributed by atoms with Gasteiger partial charge in [-0.2, -0.15) is 0 Å². The van der Waals surface area contributed by atoms with E-state index in [0.29, 0.717) is 6.61 Å². The predicted molar refractivity (Wildman–Crippen MR) is 94.6 cm³/mol. The molecular weight excluding hydrogens is 258 g/mol. The highest BCUT2D eigenvalue weighted by atomic mass is 16.2. The van der Waals surface area contributed by atoms with E-state index >= 15 is 0 Å². The normalized spacial score (nSPS) is 14.3. The molecule has 1 N–H and O–H groups in total. The van der Waals surface area contributed by atoms with E-state index in [4.69, 9.17) is 5.11 Å². The molecule has 0 aromatic heterocycles. The molecule has 2 heteroatoms. The molecule has 0 fully saturated rings. The van der Waals surface area contributed by atoms with Crippen molar-refractivity contribution in [2.24, 2.45) is 0 Å². The third kappa shape index (κ3) is 13.3. The second kappa shape index (κ2) is 14.8. The Morgan fingerprint density at radius 3 is 1.43 bits per heavy atom. The van der Waals surface area contributed by atoms with Crippen molar-refractivity contribution in [3.05, 3.63) is 0 Å². The first-order valence-corrected chi connectivity index (χ1v) is 9.63. The van der Waals surface area contributed by atoms with Crippen molar-refractivity contribution in [1.82, 2.24) is 0 Å². The Hall–Kier alpha value is -0.0800. The molecule has 0 rings (SSSR count). The van der Waals surface area contributed by atoms with Crippen LogP contribution in [0.2, 0.25) is 0 Å². The molecule has 0 heterocycles. The van der Waals surface area contributed by atoms with Crippen LogP contribution in [0, 0.1) is 0 Å². The van der Waals surface area contributed by atoms with Gasteiger partial charge in [-0.05, 0) is 38.5 Å². The maximum atomic E-state index is 9.00. The molecule has 0 aromatic rings. The van der Waals surface area contributed by atoms with Crippen molar-refractivity contribution in [3.8, 4) is 0 Å². The highest BCUT2D eigenvalue weighted by molar-refractivity contribution is 4.49. The summed E-state index contributed by atoms with van der Waals surface area (Å²) in [6, 6.07) is 0. The monoisotopic (exact) mass is 300 g/mol. The topological polar surface area (TPSA) is 20.2 Å². The van der Waals surface area contributed by atoms with Gasteiger partial charge in [0, 0.05) is 6.61 Å². The minimum absolute atomic E-state index is 0.354. The summed E-state index contributed by atoms with van der Waals surface area (Å²) in [7, 11) is 2.44. The highest BCUT2D eigenvalue weighted by Gasteiger charge is 2.19. The van der Waals surface area contributed by atoms with E-state index < -0.39 is 0 Å². The highest BCUT2D eigenvalue weighted by Crippen LogP contribution is 2.14. The molecule has 0 aromatic carbocycles. The maximum Gasteiger partial charge on any atom is 0.0785 e. The van der Waals surface area contributed by atoms with Crippen LogP contribution >= 0.6 is 0 Å². The van der Waals surface area contributed by atoms with Gasteiger partial charge in [0.15, 0.2) is 0 Å². The number of nitrogens with zero attached hydrogens (tertiary/aromatic N) is 1. The van der Waals surface area contributed by atoms with Crippen LogP contribution in [0.1, 0.15) is 90.9 Å². The third-order valence-corrected chi connectivity index (χ3v) is 4.71. The zero-order valence-corrected chi connectivity index (χ0v) is 15.2. The molecule has 0 bridgehead atoms. The Balaban J connectivity index is 3.92. The number of rotatable bonds is 16. The summed E-state index contributed by atoms with van der Waals surface area (Å²) >= 11 is 0. The maximum absolute atomic E-state index is 9.00. The summed E-state index contributed by atoms with van der Waals surface area (Å²) in [5.41, 5.74) is 0. The minimum atomic E-state index is 0.354. The molecule has 21 heavy (non-hydrogen) atoms. The lowest BCUT2D eigenvalue weighted by Gasteiger charge is -2.35. The molecule has 0 amide bonds. The molecule has 2 nitrogen and oxygen atoms in total. The van der Waals surface area contributed by atoms with Crippen molar-refractivity contribution >= 4 is 0 Å². The summed E-state index contributed by atoms with van der Waals surface area (Å²) in [5, 5.41) is 9.00. The second-order valence-corrected chi connectivity index (χ2v) is 7.05. The van der Waals surface area contributed by atoms with Gasteiger partial charge in [0.05, 0.1) is 26.7 Å². The number of quaternary nitrogens is 1. The Labute approximate surface area is 134 Å². The molecular formula is C19H42NO+. The van der Waals surface area contributed by atoms with Crippen LogP contribution in [0.15, 0.2) is 0 Å². The summed E-state index contributed by atoms with van der Waals surface area (Å²) in [6.07, 6.45) is 16.0. The Kier molecular flexibility index (Phi) is 14.8. The van der Waals surface area contributed by atoms with E-state index in [-0.39, 0.29) is 0 Å². The smallest absolute Gasteiger partial charge is 0.0785 e. The first-order chi connectivity index (χ1) is 10.2. The predicted octanol–water partition coefficient (Wildman–Crippen LogP) is 5.15. The fourth-order valence-electron chi connectivity index (χ4n) is 3.13. The van der Waals surface area contributed by atoms with E-state index in [1.807, 2.05) is 0 Å². The van der Waals surface area contributed by atoms with Gasteiger partial charge in [0.2, 0.25) is 0 Å². The SMILES string of the molecule is CCCCCCCC[N+](C)(CCCCO)CCCCCC. The van der Waals surface area contributed by atoms with Crippen LogP contribution in [0.25, 0.3) is 0 Å². The van der Waals surface area contributed by atoms with Crippen LogP contribution in [0.4, 0.5) is 0 Å². The van der Waals surface area contributed by atoms with Gasteiger partial charge in [-0.15, -0.1) is 0 Å². The first kappa shape index (κ1) is 20.9. The van der Waals surface area contributed by atoms with Gasteiger partial charge in [0.1, 0.15) is 0 Å². The Morgan fingerprint density at radius 2 is 0.952 bits per heavy atom. The Morgan fingerprint density at radius 1 is 0.571 bits per heavy atom. The van der Waals surface area contributed by atoms with E-state index in [1.165, 1.54) is 94.7 Å². The van der Waals surface area contributed by atoms with E-state index in [9.17, 15) is 0 Å². The molecule has 0 aliphatic heterocycles. The number of unbranched alkanes of at least 4 members (excludes halogenated alkanes) is 9. The standard InChI is InChI=1S/C19H42NO/c1-4-6-8-10-11-13-17-20(3,18-14-15-19-21)16-12-9-7-5-2/h21H,4-19H2,1-3H3/q+1. The van der Waals surface area contributed by atoms with E-state index in [0.717, 1.165) is 6.42 Å². The lowest BCUT2D eigenvalue weighted by molar-refractivity contribution is -0.910. The third-order valence-electron chi connectivity index (χ3n) is 4.71. The first-order valence-electron chi connectivity index (χ1n) is 9.63. The van der Waals surface area contributed by atoms with E-state index in [1.54, 1.807) is 0 Å². The summed E-state index contributed by atoms with van der Waals surface area (Å²) in [6.45, 7) is 8.84. The van der Waals surface area contributed by atoms with Crippen LogP contribution < -0.4 is 0 Å². The van der Waals surface area contributed by atoms with Crippen LogP contribution in [0.3, 0.4) is 0 Å². The van der Waals surface area contributed by atoms with Crippen LogP contribution in [-0.2, 0) is 0 Å². The zero-order chi connectivity index (χ0) is 15.8. The lowest BCUT2D eigenvalue weighted by atomic mass is 10.1. The molecule has 128 valence electrons. The number of aliphatic hydroxyl groups is 1. The zero-order valence-electron chi connectivity index (χ0n) is 15.2. The van der Waals surface area contributed by atoms with Gasteiger partial charge in [-0.25, -0.2) is 0 Å². The molecule has 0 radical (unpaired) electrons. The van der Waals surface area contributed by atoms with Gasteiger partial charge in [-0.1, -0.05) is 52.4 Å². The summed E-state index contributed by atoms with van der Waals surface area (Å²) in [5.74, 6) is 0. The Bertz CT molecular complexity index is 208. The molecule has 0 spiro atoms. The molecule has 1 atom stereocenters. The lowest BCUT2D eigenvalue weighted by Crippen LogP contribution is -2.46. The molecule has 0 saturated heterocycles. The number of hydrogen-bond acceptors (Lipinski definition) is 1. The van der Waals surface area contributed by atoms with Crippen molar-refractivity contribution in [2.45, 2.75) is 90.9 Å². The molecule has 0 saturated carbocycles. The minimum Gasteiger partial charge on any atom is -0.396 e. The number of aliphatic hydroxyl groups excluding tert-OH is 1. The van der Waals surface area contributed by atoms with Crippen LogP contribution in [0.5, 0.6) is 0 Å². The van der Waals surface area contributed by atoms with Crippen LogP contribution in [-0.4, -0.2) is 42.9 Å². The quantitative estimate of drug-likeness (QED) is 0.309. The fraction of sp³-hybridized carbons (Fsp3) is 1.00. The fourth-order valence-corrected chi connectivity index (χ4v) is 3.13. The molecule has 0 aliphatic carbocycles. The molecule has 0 aliphatic rings. The van der Waals surface area contributed by atoms with Crippen molar-refractivity contribution < 1.29 is 9.59 Å². The molecule has 1 unspecified atom stereocenters. The number of hydrogen-bond donors (Lipinski definition) is 1. The average Bonchev–Trinajstić information content (AvgIpc) is 2.48. The van der Waals surface area contributed by atoms with Crippen molar-refractivity contribution in [2.75, 3.05) is 33.3 Å².